The third-order valence-corrected chi connectivity index (χ3v) is 5.15. The number of benzene rings is 1. The van der Waals surface area contributed by atoms with Gasteiger partial charge in [-0.2, -0.15) is 0 Å². The normalized spacial score (nSPS) is 10.5. The van der Waals surface area contributed by atoms with Crippen LogP contribution in [0.1, 0.15) is 26.3 Å². The molecule has 33 heavy (non-hydrogen) atoms. The van der Waals surface area contributed by atoms with Gasteiger partial charge < -0.3 is 20.8 Å². The molecule has 0 saturated carbocycles. The summed E-state index contributed by atoms with van der Waals surface area (Å²) in [6.45, 7) is -0.792. The smallest absolute Gasteiger partial charge is 0.322 e. The van der Waals surface area contributed by atoms with Crippen LogP contribution in [0.4, 0.5) is 0 Å². The van der Waals surface area contributed by atoms with E-state index in [-0.39, 0.29) is 22.8 Å². The topological polar surface area (TPSA) is 151 Å². The molecule has 0 aliphatic carbocycles. The van der Waals surface area contributed by atoms with Gasteiger partial charge in [-0.05, 0) is 29.8 Å². The van der Waals surface area contributed by atoms with Crippen LogP contribution in [0.25, 0.3) is 5.69 Å². The lowest BCUT2D eigenvalue weighted by Gasteiger charge is -2.14. The van der Waals surface area contributed by atoms with Crippen molar-refractivity contribution in [3.05, 3.63) is 86.0 Å². The summed E-state index contributed by atoms with van der Waals surface area (Å²) in [4.78, 5) is 52.9. The van der Waals surface area contributed by atoms with E-state index in [1.165, 1.54) is 24.5 Å². The molecule has 0 bridgehead atoms. The Hall–Kier alpha value is -3.89. The van der Waals surface area contributed by atoms with Crippen LogP contribution in [-0.4, -0.2) is 44.1 Å². The number of hydrogen-bond donors (Lipinski definition) is 4. The highest BCUT2D eigenvalue weighted by Gasteiger charge is 2.25. The number of carboxylic acids is 1. The molecule has 2 aromatic heterocycles. The summed E-state index contributed by atoms with van der Waals surface area (Å²) in [6, 6.07) is 7.77. The monoisotopic (exact) mass is 490 g/mol. The van der Waals surface area contributed by atoms with Gasteiger partial charge in [-0.15, -0.1) is 0 Å². The summed E-state index contributed by atoms with van der Waals surface area (Å²) in [5.74, 6) is -4.21. The number of nitrogens with one attached hydrogen (secondary N) is 2. The van der Waals surface area contributed by atoms with Gasteiger partial charge in [0, 0.05) is 18.9 Å². The Balaban J connectivity index is 2.02. The Morgan fingerprint density at radius 3 is 2.45 bits per heavy atom. The number of rotatable bonds is 7. The number of carbonyl (C=O) groups is 3. The van der Waals surface area contributed by atoms with Gasteiger partial charge in [-0.3, -0.25) is 28.7 Å². The molecule has 0 aliphatic heterocycles. The maximum Gasteiger partial charge on any atom is 0.322 e. The van der Waals surface area contributed by atoms with Crippen molar-refractivity contribution in [2.45, 2.75) is 6.54 Å². The zero-order valence-electron chi connectivity index (χ0n) is 16.7. The predicted molar refractivity (Wildman–Crippen MR) is 119 cm³/mol. The zero-order chi connectivity index (χ0) is 24.1. The van der Waals surface area contributed by atoms with E-state index < -0.39 is 41.2 Å². The zero-order valence-corrected chi connectivity index (χ0v) is 18.2. The van der Waals surface area contributed by atoms with Crippen molar-refractivity contribution < 1.29 is 24.6 Å². The van der Waals surface area contributed by atoms with Gasteiger partial charge in [0.05, 0.1) is 27.5 Å². The van der Waals surface area contributed by atoms with Crippen LogP contribution in [0, 0.1) is 0 Å². The lowest BCUT2D eigenvalue weighted by Crippen LogP contribution is -2.36. The van der Waals surface area contributed by atoms with Crippen molar-refractivity contribution in [3.8, 4) is 11.4 Å². The van der Waals surface area contributed by atoms with Crippen LogP contribution in [0.5, 0.6) is 5.75 Å². The highest BCUT2D eigenvalue weighted by Crippen LogP contribution is 2.24. The molecule has 0 radical (unpaired) electrons. The number of amides is 2. The SMILES string of the molecule is O=C(O)CNC(=O)c1c(O)c(C(=O)NCc2ccc(Cl)c(Cl)c2)cn(-c2cccnc2)c1=O. The van der Waals surface area contributed by atoms with Crippen LogP contribution >= 0.6 is 23.2 Å². The van der Waals surface area contributed by atoms with Crippen LogP contribution in [0.2, 0.25) is 10.0 Å². The summed E-state index contributed by atoms with van der Waals surface area (Å²) in [6.07, 6.45) is 3.84. The molecule has 3 aromatic rings. The van der Waals surface area contributed by atoms with Gasteiger partial charge >= 0.3 is 5.97 Å². The van der Waals surface area contributed by atoms with Crippen LogP contribution in [-0.2, 0) is 11.3 Å². The number of pyridine rings is 2. The Labute approximate surface area is 196 Å². The highest BCUT2D eigenvalue weighted by molar-refractivity contribution is 6.42. The van der Waals surface area contributed by atoms with E-state index in [9.17, 15) is 24.3 Å². The molecule has 3 rings (SSSR count). The van der Waals surface area contributed by atoms with E-state index >= 15 is 0 Å². The van der Waals surface area contributed by atoms with Gasteiger partial charge in [-0.25, -0.2) is 0 Å². The first-order valence-electron chi connectivity index (χ1n) is 9.30. The van der Waals surface area contributed by atoms with Gasteiger partial charge in [0.25, 0.3) is 17.4 Å². The van der Waals surface area contributed by atoms with E-state index in [0.29, 0.717) is 10.6 Å². The van der Waals surface area contributed by atoms with Crippen LogP contribution in [0.3, 0.4) is 0 Å². The van der Waals surface area contributed by atoms with Crippen LogP contribution in [0.15, 0.2) is 53.7 Å². The minimum Gasteiger partial charge on any atom is -0.506 e. The third-order valence-electron chi connectivity index (χ3n) is 4.42. The number of aromatic nitrogens is 2. The molecule has 0 saturated heterocycles. The van der Waals surface area contributed by atoms with Crippen molar-refractivity contribution >= 4 is 41.0 Å². The molecular formula is C21H16Cl2N4O6. The molecule has 10 nitrogen and oxygen atoms in total. The molecule has 1 aromatic carbocycles. The molecule has 170 valence electrons. The van der Waals surface area contributed by atoms with Gasteiger partial charge in [0.1, 0.15) is 17.9 Å². The molecule has 0 fully saturated rings. The Morgan fingerprint density at radius 2 is 1.82 bits per heavy atom. The van der Waals surface area contributed by atoms with E-state index in [0.717, 1.165) is 10.8 Å². The Bertz CT molecular complexity index is 1290. The Kier molecular flexibility index (Phi) is 7.31. The molecule has 0 aliphatic rings. The third kappa shape index (κ3) is 5.48. The number of nitrogens with zero attached hydrogens (tertiary/aromatic N) is 2. The van der Waals surface area contributed by atoms with Gasteiger partial charge in [-0.1, -0.05) is 29.3 Å². The largest absolute Gasteiger partial charge is 0.506 e. The van der Waals surface area contributed by atoms with Crippen molar-refractivity contribution in [2.24, 2.45) is 0 Å². The number of carboxylic acid groups (broad SMARTS) is 1. The molecule has 2 heterocycles. The molecule has 0 spiro atoms. The fourth-order valence-corrected chi connectivity index (χ4v) is 3.16. The van der Waals surface area contributed by atoms with Crippen molar-refractivity contribution in [2.75, 3.05) is 6.54 Å². The first kappa shape index (κ1) is 23.8. The average Bonchev–Trinajstić information content (AvgIpc) is 2.79. The number of carbonyl (C=O) groups excluding carboxylic acids is 2. The van der Waals surface area contributed by atoms with Gasteiger partial charge in [0.2, 0.25) is 0 Å². The summed E-state index contributed by atoms with van der Waals surface area (Å²) in [5.41, 5.74) is -1.32. The number of hydrogen-bond acceptors (Lipinski definition) is 6. The summed E-state index contributed by atoms with van der Waals surface area (Å²) in [5, 5.41) is 24.6. The minimum absolute atomic E-state index is 0.00171. The standard InChI is InChI=1S/C21H16Cl2N4O6/c22-14-4-3-11(6-15(14)23)7-25-19(31)13-10-27(12-2-1-5-24-8-12)21(33)17(18(13)30)20(32)26-9-16(28)29/h1-6,8,10,30H,7,9H2,(H,25,31)(H,26,32)(H,28,29). The Morgan fingerprint density at radius 1 is 1.06 bits per heavy atom. The lowest BCUT2D eigenvalue weighted by molar-refractivity contribution is -0.135. The molecule has 4 N–H and O–H groups in total. The first-order valence-corrected chi connectivity index (χ1v) is 10.1. The molecule has 12 heteroatoms. The second-order valence-electron chi connectivity index (χ2n) is 6.66. The fraction of sp³-hybridized carbons (Fsp3) is 0.0952. The summed E-state index contributed by atoms with van der Waals surface area (Å²) < 4.78 is 0.955. The second-order valence-corrected chi connectivity index (χ2v) is 7.47. The number of aromatic hydroxyl groups is 1. The molecule has 2 amide bonds. The maximum absolute atomic E-state index is 12.9. The maximum atomic E-state index is 12.9. The number of halogens is 2. The van der Waals surface area contributed by atoms with E-state index in [4.69, 9.17) is 28.3 Å². The van der Waals surface area contributed by atoms with Gasteiger partial charge in [0.15, 0.2) is 0 Å². The lowest BCUT2D eigenvalue weighted by atomic mass is 10.1. The first-order chi connectivity index (χ1) is 15.7. The van der Waals surface area contributed by atoms with E-state index in [1.807, 2.05) is 5.32 Å². The minimum atomic E-state index is -1.36. The van der Waals surface area contributed by atoms with E-state index in [1.54, 1.807) is 18.2 Å². The second kappa shape index (κ2) is 10.2. The van der Waals surface area contributed by atoms with E-state index in [2.05, 4.69) is 10.3 Å². The predicted octanol–water partition coefficient (Wildman–Crippen LogP) is 1.99. The number of aliphatic carboxylic acids is 1. The van der Waals surface area contributed by atoms with Crippen molar-refractivity contribution in [1.29, 1.82) is 0 Å². The fourth-order valence-electron chi connectivity index (χ4n) is 2.84. The molecule has 0 unspecified atom stereocenters. The van der Waals surface area contributed by atoms with Crippen molar-refractivity contribution in [3.63, 3.8) is 0 Å². The molecule has 0 atom stereocenters. The highest BCUT2D eigenvalue weighted by atomic mass is 35.5. The summed E-state index contributed by atoms with van der Waals surface area (Å²) >= 11 is 11.8. The quantitative estimate of drug-likeness (QED) is 0.395. The molecular weight excluding hydrogens is 475 g/mol. The van der Waals surface area contributed by atoms with Crippen LogP contribution < -0.4 is 16.2 Å². The van der Waals surface area contributed by atoms with Crippen molar-refractivity contribution in [1.82, 2.24) is 20.2 Å². The summed E-state index contributed by atoms with van der Waals surface area (Å²) in [7, 11) is 0. The average molecular weight is 491 g/mol.